The largest absolute Gasteiger partial charge is 0.265 e. The first-order valence-corrected chi connectivity index (χ1v) is 5.39. The van der Waals surface area contributed by atoms with E-state index in [4.69, 9.17) is 0 Å². The molecule has 13 heavy (non-hydrogen) atoms. The lowest BCUT2D eigenvalue weighted by Gasteiger charge is -1.98. The number of rotatable bonds is 9. The van der Waals surface area contributed by atoms with Gasteiger partial charge in [0, 0.05) is 11.3 Å². The molecule has 0 unspecified atom stereocenters. The fraction of sp³-hybridized carbons (Fsp3) is 1.00. The molecule has 78 valence electrons. The van der Waals surface area contributed by atoms with Crippen molar-refractivity contribution in [2.45, 2.75) is 58.3 Å². The van der Waals surface area contributed by atoms with Gasteiger partial charge in [-0.1, -0.05) is 45.4 Å². The molecule has 0 rings (SSSR count). The topological polar surface area (TPSA) is 43.1 Å². The van der Waals surface area contributed by atoms with Crippen LogP contribution >= 0.6 is 0 Å². The molecule has 0 bridgehead atoms. The van der Waals surface area contributed by atoms with E-state index in [2.05, 4.69) is 6.92 Å². The summed E-state index contributed by atoms with van der Waals surface area (Å²) in [6.07, 6.45) is 9.41. The Morgan fingerprint density at radius 1 is 0.923 bits per heavy atom. The van der Waals surface area contributed by atoms with Gasteiger partial charge in [0.1, 0.15) is 0 Å². The molecule has 0 aliphatic heterocycles. The maximum absolute atomic E-state index is 9.98. The van der Waals surface area contributed by atoms with E-state index in [9.17, 15) is 10.1 Å². The third kappa shape index (κ3) is 11.4. The zero-order valence-electron chi connectivity index (χ0n) is 8.63. The highest BCUT2D eigenvalue weighted by atomic mass is 16.6. The molecule has 0 aliphatic rings. The summed E-state index contributed by atoms with van der Waals surface area (Å²) in [7, 11) is 0. The Balaban J connectivity index is 2.87. The molecule has 0 radical (unpaired) electrons. The minimum absolute atomic E-state index is 0.148. The molecule has 0 fully saturated rings. The van der Waals surface area contributed by atoms with Crippen LogP contribution in [-0.2, 0) is 0 Å². The van der Waals surface area contributed by atoms with Crippen molar-refractivity contribution < 1.29 is 4.92 Å². The van der Waals surface area contributed by atoms with Crippen LogP contribution in [0, 0.1) is 10.1 Å². The summed E-state index contributed by atoms with van der Waals surface area (Å²) in [6, 6.07) is 0. The van der Waals surface area contributed by atoms with Crippen molar-refractivity contribution in [3.05, 3.63) is 10.1 Å². The van der Waals surface area contributed by atoms with E-state index in [-0.39, 0.29) is 11.5 Å². The third-order valence-electron chi connectivity index (χ3n) is 2.19. The van der Waals surface area contributed by atoms with Gasteiger partial charge >= 0.3 is 0 Å². The minimum Gasteiger partial charge on any atom is -0.265 e. The zero-order valence-corrected chi connectivity index (χ0v) is 8.63. The molecule has 0 aromatic heterocycles. The molecule has 0 heterocycles. The minimum atomic E-state index is -0.225. The number of nitrogens with zero attached hydrogens (tertiary/aromatic N) is 1. The second kappa shape index (κ2) is 9.49. The van der Waals surface area contributed by atoms with Crippen LogP contribution in [0.1, 0.15) is 58.3 Å². The Hall–Kier alpha value is -0.600. The van der Waals surface area contributed by atoms with Gasteiger partial charge in [-0.05, 0) is 6.42 Å². The standard InChI is InChI=1S/C10H21NO2/c1-2-3-4-5-6-7-8-9-10-11(12)13/h2-10H2,1H3. The number of unbranched alkanes of at least 4 members (excludes halogenated alkanes) is 7. The molecular weight excluding hydrogens is 166 g/mol. The lowest BCUT2D eigenvalue weighted by atomic mass is 10.1. The Labute approximate surface area is 80.7 Å². The summed E-state index contributed by atoms with van der Waals surface area (Å²) in [4.78, 5) is 9.75. The van der Waals surface area contributed by atoms with Crippen molar-refractivity contribution >= 4 is 0 Å². The van der Waals surface area contributed by atoms with Crippen LogP contribution in [0.15, 0.2) is 0 Å². The average molecular weight is 187 g/mol. The fourth-order valence-corrected chi connectivity index (χ4v) is 1.37. The predicted octanol–water partition coefficient (Wildman–Crippen LogP) is 3.40. The second-order valence-electron chi connectivity index (χ2n) is 3.53. The SMILES string of the molecule is CCCCCCCCCC[N+](=O)[O-]. The van der Waals surface area contributed by atoms with E-state index in [1.165, 1.54) is 32.1 Å². The zero-order chi connectivity index (χ0) is 9.94. The summed E-state index contributed by atoms with van der Waals surface area (Å²) in [5.41, 5.74) is 0. The molecule has 0 saturated carbocycles. The van der Waals surface area contributed by atoms with Crippen LogP contribution in [0.2, 0.25) is 0 Å². The van der Waals surface area contributed by atoms with Crippen LogP contribution in [0.3, 0.4) is 0 Å². The maximum Gasteiger partial charge on any atom is 0.203 e. The Morgan fingerprint density at radius 2 is 1.38 bits per heavy atom. The molecule has 0 aliphatic carbocycles. The molecule has 0 amide bonds. The molecule has 0 aromatic rings. The first kappa shape index (κ1) is 12.4. The molecule has 3 heteroatoms. The second-order valence-corrected chi connectivity index (χ2v) is 3.53. The molecule has 0 spiro atoms. The van der Waals surface area contributed by atoms with Gasteiger partial charge < -0.3 is 0 Å². The highest BCUT2D eigenvalue weighted by molar-refractivity contribution is 4.45. The molecule has 3 nitrogen and oxygen atoms in total. The first-order valence-electron chi connectivity index (χ1n) is 5.39. The van der Waals surface area contributed by atoms with E-state index < -0.39 is 0 Å². The van der Waals surface area contributed by atoms with Gasteiger partial charge in [-0.15, -0.1) is 0 Å². The highest BCUT2D eigenvalue weighted by Crippen LogP contribution is 2.07. The summed E-state index contributed by atoms with van der Waals surface area (Å²) in [6.45, 7) is 2.35. The highest BCUT2D eigenvalue weighted by Gasteiger charge is 1.96. The molecule has 0 atom stereocenters. The average Bonchev–Trinajstić information content (AvgIpc) is 2.09. The van der Waals surface area contributed by atoms with Gasteiger partial charge in [-0.25, -0.2) is 0 Å². The van der Waals surface area contributed by atoms with E-state index in [1.807, 2.05) is 0 Å². The first-order chi connectivity index (χ1) is 6.27. The van der Waals surface area contributed by atoms with Crippen LogP contribution in [-0.4, -0.2) is 11.5 Å². The lowest BCUT2D eigenvalue weighted by molar-refractivity contribution is -0.480. The third-order valence-corrected chi connectivity index (χ3v) is 2.19. The normalized spacial score (nSPS) is 10.2. The van der Waals surface area contributed by atoms with Crippen molar-refractivity contribution in [1.29, 1.82) is 0 Å². The smallest absolute Gasteiger partial charge is 0.203 e. The van der Waals surface area contributed by atoms with Crippen molar-refractivity contribution in [3.63, 3.8) is 0 Å². The summed E-state index contributed by atoms with van der Waals surface area (Å²) in [5, 5.41) is 9.98. The Kier molecular flexibility index (Phi) is 9.05. The number of hydrogen-bond acceptors (Lipinski definition) is 2. The van der Waals surface area contributed by atoms with Crippen molar-refractivity contribution in [2.24, 2.45) is 0 Å². The molecule has 0 aromatic carbocycles. The quantitative estimate of drug-likeness (QED) is 0.315. The fourth-order valence-electron chi connectivity index (χ4n) is 1.37. The van der Waals surface area contributed by atoms with Gasteiger partial charge in [-0.2, -0.15) is 0 Å². The van der Waals surface area contributed by atoms with Crippen molar-refractivity contribution in [1.82, 2.24) is 0 Å². The van der Waals surface area contributed by atoms with E-state index in [0.717, 1.165) is 19.3 Å². The van der Waals surface area contributed by atoms with Crippen molar-refractivity contribution in [2.75, 3.05) is 6.54 Å². The van der Waals surface area contributed by atoms with Crippen LogP contribution in [0.25, 0.3) is 0 Å². The van der Waals surface area contributed by atoms with Crippen LogP contribution in [0.4, 0.5) is 0 Å². The van der Waals surface area contributed by atoms with E-state index in [0.29, 0.717) is 0 Å². The maximum atomic E-state index is 9.98. The monoisotopic (exact) mass is 187 g/mol. The number of hydrogen-bond donors (Lipinski definition) is 0. The van der Waals surface area contributed by atoms with Gasteiger partial charge in [0.05, 0.1) is 0 Å². The Bertz CT molecular complexity index is 126. The van der Waals surface area contributed by atoms with E-state index in [1.54, 1.807) is 0 Å². The van der Waals surface area contributed by atoms with Gasteiger partial charge in [0.25, 0.3) is 0 Å². The number of nitro groups is 1. The molecule has 0 N–H and O–H groups in total. The predicted molar refractivity (Wildman–Crippen MR) is 54.5 cm³/mol. The summed E-state index contributed by atoms with van der Waals surface area (Å²) < 4.78 is 0. The molecular formula is C10H21NO2. The van der Waals surface area contributed by atoms with Crippen LogP contribution < -0.4 is 0 Å². The van der Waals surface area contributed by atoms with E-state index >= 15 is 0 Å². The van der Waals surface area contributed by atoms with Gasteiger partial charge in [0.2, 0.25) is 6.54 Å². The lowest BCUT2D eigenvalue weighted by Crippen LogP contribution is -1.99. The van der Waals surface area contributed by atoms with Crippen molar-refractivity contribution in [3.8, 4) is 0 Å². The summed E-state index contributed by atoms with van der Waals surface area (Å²) in [5.74, 6) is 0. The van der Waals surface area contributed by atoms with Gasteiger partial charge in [-0.3, -0.25) is 10.1 Å². The van der Waals surface area contributed by atoms with Crippen LogP contribution in [0.5, 0.6) is 0 Å². The Morgan fingerprint density at radius 3 is 1.85 bits per heavy atom. The molecule has 0 saturated heterocycles. The summed E-state index contributed by atoms with van der Waals surface area (Å²) >= 11 is 0. The van der Waals surface area contributed by atoms with Gasteiger partial charge in [0.15, 0.2) is 0 Å².